The molecule has 2 atom stereocenters. The Bertz CT molecular complexity index is 673. The number of aromatic hydroxyl groups is 1. The van der Waals surface area contributed by atoms with Crippen molar-refractivity contribution in [2.75, 3.05) is 34.2 Å². The molecule has 3 N–H and O–H groups in total. The number of nitrogens with one attached hydrogen (secondary N) is 2. The number of hydrogen-bond donors (Lipinski definition) is 3. The highest BCUT2D eigenvalue weighted by atomic mass is 16.3. The molecular formula is C20H30N4O4. The van der Waals surface area contributed by atoms with Gasteiger partial charge in [-0.1, -0.05) is 12.1 Å². The van der Waals surface area contributed by atoms with E-state index in [0.29, 0.717) is 19.4 Å². The lowest BCUT2D eigenvalue weighted by molar-refractivity contribution is -0.125. The maximum Gasteiger partial charge on any atom is 0.315 e. The van der Waals surface area contributed by atoms with Gasteiger partial charge in [0.05, 0.1) is 0 Å². The summed E-state index contributed by atoms with van der Waals surface area (Å²) in [5, 5.41) is 15.0. The molecule has 1 aromatic rings. The summed E-state index contributed by atoms with van der Waals surface area (Å²) >= 11 is 0. The Morgan fingerprint density at radius 2 is 1.82 bits per heavy atom. The van der Waals surface area contributed by atoms with Crippen molar-refractivity contribution in [2.24, 2.45) is 0 Å². The van der Waals surface area contributed by atoms with Gasteiger partial charge in [0.15, 0.2) is 0 Å². The number of urea groups is 1. The van der Waals surface area contributed by atoms with E-state index < -0.39 is 0 Å². The molecule has 0 spiro atoms. The zero-order chi connectivity index (χ0) is 21.1. The SMILES string of the molecule is CC(CN(C)C(=O)/C=C\C=O)NC(=O)NCC(Cc1ccc(O)cc1)N(C)C. The highest BCUT2D eigenvalue weighted by Gasteiger charge is 2.16. The van der Waals surface area contributed by atoms with Gasteiger partial charge in [-0.15, -0.1) is 0 Å². The molecule has 1 aromatic carbocycles. The predicted octanol–water partition coefficient (Wildman–Crippen LogP) is 0.766. The first kappa shape index (κ1) is 23.2. The van der Waals surface area contributed by atoms with E-state index in [1.807, 2.05) is 31.1 Å². The fourth-order valence-corrected chi connectivity index (χ4v) is 2.62. The fourth-order valence-electron chi connectivity index (χ4n) is 2.62. The number of carbonyl (C=O) groups excluding carboxylic acids is 3. The van der Waals surface area contributed by atoms with Crippen LogP contribution in [-0.2, 0) is 16.0 Å². The van der Waals surface area contributed by atoms with E-state index in [1.54, 1.807) is 26.1 Å². The second-order valence-electron chi connectivity index (χ2n) is 6.96. The lowest BCUT2D eigenvalue weighted by atomic mass is 10.1. The van der Waals surface area contributed by atoms with Crippen LogP contribution < -0.4 is 10.6 Å². The van der Waals surface area contributed by atoms with E-state index in [-0.39, 0.29) is 29.8 Å². The first-order valence-corrected chi connectivity index (χ1v) is 9.08. The standard InChI is InChI=1S/C20H30N4O4/c1-15(14-24(4)19(27)6-5-11-25)22-20(28)21-13-17(23(2)3)12-16-7-9-18(26)10-8-16/h5-11,15,17,26H,12-14H2,1-4H3,(H2,21,22,28)/b6-5-. The molecule has 8 nitrogen and oxygen atoms in total. The number of hydrogen-bond acceptors (Lipinski definition) is 5. The normalized spacial score (nSPS) is 13.2. The Labute approximate surface area is 166 Å². The Morgan fingerprint density at radius 1 is 1.18 bits per heavy atom. The van der Waals surface area contributed by atoms with Gasteiger partial charge >= 0.3 is 6.03 Å². The van der Waals surface area contributed by atoms with Crippen molar-refractivity contribution in [2.45, 2.75) is 25.4 Å². The number of rotatable bonds is 10. The van der Waals surface area contributed by atoms with Crippen molar-refractivity contribution in [1.82, 2.24) is 20.4 Å². The molecule has 8 heteroatoms. The van der Waals surface area contributed by atoms with E-state index in [4.69, 9.17) is 0 Å². The molecule has 0 aliphatic heterocycles. The summed E-state index contributed by atoms with van der Waals surface area (Å²) in [4.78, 5) is 37.6. The predicted molar refractivity (Wildman–Crippen MR) is 108 cm³/mol. The molecule has 0 fully saturated rings. The summed E-state index contributed by atoms with van der Waals surface area (Å²) in [5.74, 6) is -0.0792. The number of aldehydes is 1. The van der Waals surface area contributed by atoms with Gasteiger partial charge in [0.1, 0.15) is 12.0 Å². The van der Waals surface area contributed by atoms with E-state index in [1.165, 1.54) is 11.0 Å². The molecule has 0 saturated heterocycles. The summed E-state index contributed by atoms with van der Waals surface area (Å²) < 4.78 is 0. The minimum Gasteiger partial charge on any atom is -0.508 e. The minimum absolute atomic E-state index is 0.0864. The van der Waals surface area contributed by atoms with Crippen LogP contribution in [0.3, 0.4) is 0 Å². The lowest BCUT2D eigenvalue weighted by Crippen LogP contribution is -2.49. The van der Waals surface area contributed by atoms with Crippen molar-refractivity contribution >= 4 is 18.2 Å². The van der Waals surface area contributed by atoms with Crippen LogP contribution in [-0.4, -0.2) is 79.4 Å². The third-order valence-electron chi connectivity index (χ3n) is 4.26. The molecule has 0 heterocycles. The topological polar surface area (TPSA) is 102 Å². The zero-order valence-electron chi connectivity index (χ0n) is 16.9. The molecule has 0 saturated carbocycles. The third-order valence-corrected chi connectivity index (χ3v) is 4.26. The summed E-state index contributed by atoms with van der Waals surface area (Å²) in [6.07, 6.45) is 3.59. The highest BCUT2D eigenvalue weighted by molar-refractivity contribution is 5.90. The highest BCUT2D eigenvalue weighted by Crippen LogP contribution is 2.12. The van der Waals surface area contributed by atoms with Gasteiger partial charge in [0.2, 0.25) is 5.91 Å². The zero-order valence-corrected chi connectivity index (χ0v) is 16.9. The van der Waals surface area contributed by atoms with Gasteiger partial charge in [-0.05, 0) is 51.2 Å². The second kappa shape index (κ2) is 11.8. The molecule has 0 bridgehead atoms. The van der Waals surface area contributed by atoms with Crippen LogP contribution in [0, 0.1) is 0 Å². The lowest BCUT2D eigenvalue weighted by Gasteiger charge is -2.26. The van der Waals surface area contributed by atoms with Gasteiger partial charge < -0.3 is 25.5 Å². The maximum absolute atomic E-state index is 12.2. The summed E-state index contributed by atoms with van der Waals surface area (Å²) in [6.45, 7) is 2.57. The summed E-state index contributed by atoms with van der Waals surface area (Å²) in [5.41, 5.74) is 1.07. The molecule has 0 aliphatic carbocycles. The van der Waals surface area contributed by atoms with Crippen LogP contribution in [0.15, 0.2) is 36.4 Å². The van der Waals surface area contributed by atoms with E-state index in [9.17, 15) is 19.5 Å². The molecule has 2 unspecified atom stereocenters. The smallest absolute Gasteiger partial charge is 0.315 e. The largest absolute Gasteiger partial charge is 0.508 e. The molecular weight excluding hydrogens is 360 g/mol. The number of allylic oxidation sites excluding steroid dienone is 1. The Balaban J connectivity index is 2.47. The second-order valence-corrected chi connectivity index (χ2v) is 6.96. The Hall–Kier alpha value is -2.87. The van der Waals surface area contributed by atoms with Gasteiger partial charge in [0.25, 0.3) is 0 Å². The molecule has 3 amide bonds. The summed E-state index contributed by atoms with van der Waals surface area (Å²) in [7, 11) is 5.49. The van der Waals surface area contributed by atoms with Crippen molar-refractivity contribution < 1.29 is 19.5 Å². The van der Waals surface area contributed by atoms with Gasteiger partial charge in [-0.3, -0.25) is 9.59 Å². The first-order valence-electron chi connectivity index (χ1n) is 9.08. The van der Waals surface area contributed by atoms with Gasteiger partial charge in [0, 0.05) is 38.3 Å². The van der Waals surface area contributed by atoms with Gasteiger partial charge in [-0.25, -0.2) is 4.79 Å². The average Bonchev–Trinajstić information content (AvgIpc) is 2.64. The Morgan fingerprint density at radius 3 is 2.39 bits per heavy atom. The Kier molecular flexibility index (Phi) is 9.73. The average molecular weight is 390 g/mol. The number of amides is 3. The minimum atomic E-state index is -0.311. The van der Waals surface area contributed by atoms with E-state index >= 15 is 0 Å². The van der Waals surface area contributed by atoms with Crippen molar-refractivity contribution in [3.05, 3.63) is 42.0 Å². The van der Waals surface area contributed by atoms with Crippen LogP contribution in [0.4, 0.5) is 4.79 Å². The molecule has 1 rings (SSSR count). The van der Waals surface area contributed by atoms with Crippen LogP contribution in [0.2, 0.25) is 0 Å². The van der Waals surface area contributed by atoms with E-state index in [0.717, 1.165) is 18.1 Å². The number of carbonyl (C=O) groups is 3. The monoisotopic (exact) mass is 390 g/mol. The number of nitrogens with zero attached hydrogens (tertiary/aromatic N) is 2. The maximum atomic E-state index is 12.2. The summed E-state index contributed by atoms with van der Waals surface area (Å²) in [6, 6.07) is 6.53. The first-order chi connectivity index (χ1) is 13.2. The molecule has 0 aromatic heterocycles. The van der Waals surface area contributed by atoms with Gasteiger partial charge in [-0.2, -0.15) is 0 Å². The fraction of sp³-hybridized carbons (Fsp3) is 0.450. The molecule has 154 valence electrons. The van der Waals surface area contributed by atoms with Crippen LogP contribution in [0.5, 0.6) is 5.75 Å². The van der Waals surface area contributed by atoms with Crippen molar-refractivity contribution in [1.29, 1.82) is 0 Å². The molecule has 0 aliphatic rings. The molecule has 0 radical (unpaired) electrons. The number of benzene rings is 1. The quantitative estimate of drug-likeness (QED) is 0.405. The number of phenolic OH excluding ortho intramolecular Hbond substituents is 1. The number of likely N-dealkylation sites (N-methyl/N-ethyl adjacent to an activating group) is 2. The third kappa shape index (κ3) is 8.68. The van der Waals surface area contributed by atoms with Crippen molar-refractivity contribution in [3.63, 3.8) is 0 Å². The van der Waals surface area contributed by atoms with Crippen molar-refractivity contribution in [3.8, 4) is 5.75 Å². The van der Waals surface area contributed by atoms with Crippen LogP contribution in [0.25, 0.3) is 0 Å². The van der Waals surface area contributed by atoms with Crippen LogP contribution in [0.1, 0.15) is 12.5 Å². The van der Waals surface area contributed by atoms with Crippen LogP contribution >= 0.6 is 0 Å². The van der Waals surface area contributed by atoms with E-state index in [2.05, 4.69) is 10.6 Å². The number of phenols is 1. The molecule has 28 heavy (non-hydrogen) atoms.